The van der Waals surface area contributed by atoms with Gasteiger partial charge in [0.05, 0.1) is 48.8 Å². The summed E-state index contributed by atoms with van der Waals surface area (Å²) in [6, 6.07) is 29.3. The average Bonchev–Trinajstić information content (AvgIpc) is 3.91. The fraction of sp³-hybridized carbons (Fsp3) is 0.404. The van der Waals surface area contributed by atoms with Crippen molar-refractivity contribution in [1.82, 2.24) is 5.32 Å². The average molecular weight is 1090 g/mol. The van der Waals surface area contributed by atoms with Gasteiger partial charge in [0, 0.05) is 79.8 Å². The Kier molecular flexibility index (Phi) is 15.9. The van der Waals surface area contributed by atoms with Crippen LogP contribution in [0, 0.1) is 6.92 Å². The number of hydrogen-bond acceptors (Lipinski definition) is 14. The molecule has 4 aliphatic rings. The molecule has 0 aliphatic carbocycles. The molecule has 0 saturated heterocycles. The zero-order chi connectivity index (χ0) is 54.2. The monoisotopic (exact) mass is 1090 g/mol. The number of fused-ring (bicyclic) bond motifs is 8. The number of ether oxygens (including phenoxy) is 3. The van der Waals surface area contributed by atoms with Crippen LogP contribution in [0.2, 0.25) is 0 Å². The largest absolute Gasteiger partial charge is 0.493 e. The number of methoxy groups -OCH3 is 1. The lowest BCUT2D eigenvalue weighted by atomic mass is 10.1. The molecule has 2 unspecified atom stereocenters. The molecule has 4 atom stereocenters. The number of likely N-dealkylation sites (N-methyl/N-ethyl adjacent to an activating group) is 2. The van der Waals surface area contributed by atoms with Crippen LogP contribution in [0.5, 0.6) is 17.2 Å². The van der Waals surface area contributed by atoms with E-state index in [1.54, 1.807) is 13.2 Å². The molecule has 9 rings (SSSR count). The van der Waals surface area contributed by atoms with E-state index in [2.05, 4.69) is 36.7 Å². The first-order chi connectivity index (χ1) is 36.3. The van der Waals surface area contributed by atoms with Crippen LogP contribution in [0.3, 0.4) is 0 Å². The van der Waals surface area contributed by atoms with Crippen molar-refractivity contribution in [2.45, 2.75) is 100 Å². The molecule has 76 heavy (non-hydrogen) atoms. The topological polar surface area (TPSA) is 176 Å². The highest BCUT2D eigenvalue weighted by Gasteiger charge is 2.41. The molecule has 16 nitrogen and oxygen atoms in total. The van der Waals surface area contributed by atoms with Crippen LogP contribution in [0.15, 0.2) is 91.0 Å². The molecule has 5 aromatic carbocycles. The third-order valence-corrected chi connectivity index (χ3v) is 20.1. The summed E-state index contributed by atoms with van der Waals surface area (Å²) in [6.07, 6.45) is 2.29. The number of carbonyl (C=O) groups is 4. The normalized spacial score (nSPS) is 17.5. The van der Waals surface area contributed by atoms with Gasteiger partial charge in [-0.25, -0.2) is 0 Å². The second-order valence-corrected chi connectivity index (χ2v) is 25.9. The first-order valence-corrected chi connectivity index (χ1v) is 29.1. The Morgan fingerprint density at radius 3 is 1.84 bits per heavy atom. The van der Waals surface area contributed by atoms with Gasteiger partial charge in [0.15, 0.2) is 16.7 Å². The van der Waals surface area contributed by atoms with Crippen LogP contribution in [0.4, 0.5) is 28.4 Å². The van der Waals surface area contributed by atoms with E-state index in [1.165, 1.54) is 34.2 Å². The third-order valence-electron chi connectivity index (χ3n) is 14.6. The van der Waals surface area contributed by atoms with Crippen molar-refractivity contribution < 1.29 is 46.0 Å². The number of nitrogens with one attached hydrogen (secondary N) is 2. The van der Waals surface area contributed by atoms with Crippen molar-refractivity contribution >= 4 is 83.8 Å². The second kappa shape index (κ2) is 22.3. The Morgan fingerprint density at radius 2 is 1.29 bits per heavy atom. The number of para-hydroxylation sites is 2. The quantitative estimate of drug-likeness (QED) is 0.0592. The summed E-state index contributed by atoms with van der Waals surface area (Å²) < 4.78 is 48.4. The van der Waals surface area contributed by atoms with Crippen LogP contribution < -0.4 is 44.4 Å². The summed E-state index contributed by atoms with van der Waals surface area (Å²) >= 11 is 0. The molecular formula is C57H66N6O10S3. The standard InChI is InChI=1S/C57H66N6O10S3/c1-34-20-43-47(60(6)30-41-25-38-14-10-12-16-45(38)62(41)55(43)66)28-49(34)72-32-36-22-37(24-40(23-36)59-53(64)18-19-57(3,4)75-74-35(2)21-52(54(65)58-5)76(68,69)71-9)33-73-51-29-48-44(27-50(51)70-8)56(67)63-42(31-61(48)7)26-39-15-11-13-17-46(39)63/h10-17,20,22-24,27-29,35,41-42,52H,18-19,21,25-26,30-33H2,1-9H3,(H,58,65)(H,59,64)/t35?,41-,42-,52?/m0/s1. The van der Waals surface area contributed by atoms with Crippen molar-refractivity contribution in [2.24, 2.45) is 0 Å². The van der Waals surface area contributed by atoms with E-state index >= 15 is 0 Å². The summed E-state index contributed by atoms with van der Waals surface area (Å²) in [5, 5.41) is 3.96. The number of benzene rings is 5. The lowest BCUT2D eigenvalue weighted by Gasteiger charge is -2.26. The highest BCUT2D eigenvalue weighted by molar-refractivity contribution is 8.77. The molecule has 19 heteroatoms. The third kappa shape index (κ3) is 11.3. The SMILES string of the molecule is CNC(=O)C(CC(C)SSC(C)(C)CCC(=O)Nc1cc(COc2cc3c(cc2C)C(=O)N2c4ccccc4C[C@H]2CN3C)cc(COc2cc3c(cc2OC)C(=O)N2c4ccccc4C[C@H]2CN3C)c1)S(=O)(=O)OC. The van der Waals surface area contributed by atoms with Gasteiger partial charge in [-0.1, -0.05) is 64.9 Å². The van der Waals surface area contributed by atoms with Crippen LogP contribution in [-0.2, 0) is 49.9 Å². The van der Waals surface area contributed by atoms with Gasteiger partial charge >= 0.3 is 0 Å². The molecule has 402 valence electrons. The fourth-order valence-electron chi connectivity index (χ4n) is 10.7. The summed E-state index contributed by atoms with van der Waals surface area (Å²) in [6.45, 7) is 9.35. The molecule has 2 N–H and O–H groups in total. The fourth-order valence-corrected chi connectivity index (χ4v) is 14.6. The zero-order valence-electron chi connectivity index (χ0n) is 44.4. The Labute approximate surface area is 453 Å². The van der Waals surface area contributed by atoms with Gasteiger partial charge < -0.3 is 44.4 Å². The van der Waals surface area contributed by atoms with Crippen molar-refractivity contribution in [1.29, 1.82) is 0 Å². The second-order valence-electron chi connectivity index (χ2n) is 20.7. The number of nitrogens with zero attached hydrogens (tertiary/aromatic N) is 4. The molecule has 0 radical (unpaired) electrons. The molecule has 0 spiro atoms. The van der Waals surface area contributed by atoms with Crippen molar-refractivity contribution in [3.63, 3.8) is 0 Å². The number of rotatable bonds is 19. The molecule has 0 bridgehead atoms. The first-order valence-electron chi connectivity index (χ1n) is 25.4. The molecule has 0 saturated carbocycles. The lowest BCUT2D eigenvalue weighted by Crippen LogP contribution is -2.41. The van der Waals surface area contributed by atoms with E-state index < -0.39 is 26.0 Å². The molecule has 4 heterocycles. The molecule has 5 aromatic rings. The minimum Gasteiger partial charge on any atom is -0.493 e. The van der Waals surface area contributed by atoms with Gasteiger partial charge in [-0.2, -0.15) is 8.42 Å². The molecular weight excluding hydrogens is 1020 g/mol. The Bertz CT molecular complexity index is 3190. The maximum atomic E-state index is 14.3. The van der Waals surface area contributed by atoms with Gasteiger partial charge in [0.25, 0.3) is 21.9 Å². The van der Waals surface area contributed by atoms with Crippen LogP contribution >= 0.6 is 21.6 Å². The van der Waals surface area contributed by atoms with Crippen molar-refractivity contribution in [3.8, 4) is 17.2 Å². The predicted molar refractivity (Wildman–Crippen MR) is 302 cm³/mol. The molecule has 4 amide bonds. The highest BCUT2D eigenvalue weighted by atomic mass is 33.1. The number of hydrogen-bond donors (Lipinski definition) is 2. The first kappa shape index (κ1) is 54.4. The minimum absolute atomic E-state index is 0.00638. The van der Waals surface area contributed by atoms with E-state index in [1.807, 2.05) is 124 Å². The maximum absolute atomic E-state index is 14.3. The number of amides is 4. The number of carbonyl (C=O) groups excluding carboxylic acids is 4. The van der Waals surface area contributed by atoms with Gasteiger partial charge in [-0.3, -0.25) is 23.4 Å². The van der Waals surface area contributed by atoms with Crippen LogP contribution in [0.25, 0.3) is 0 Å². The van der Waals surface area contributed by atoms with Crippen molar-refractivity contribution in [2.75, 3.05) is 73.4 Å². The molecule has 0 fully saturated rings. The van der Waals surface area contributed by atoms with E-state index in [-0.39, 0.29) is 61.1 Å². The van der Waals surface area contributed by atoms with E-state index in [4.69, 9.17) is 14.2 Å². The van der Waals surface area contributed by atoms with Crippen LogP contribution in [0.1, 0.15) is 88.6 Å². The Balaban J connectivity index is 0.935. The van der Waals surface area contributed by atoms with Gasteiger partial charge in [-0.15, -0.1) is 0 Å². The van der Waals surface area contributed by atoms with E-state index in [0.29, 0.717) is 53.6 Å². The summed E-state index contributed by atoms with van der Waals surface area (Å²) in [5.74, 6) is 0.525. The van der Waals surface area contributed by atoms with Crippen molar-refractivity contribution in [3.05, 3.63) is 130 Å². The van der Waals surface area contributed by atoms with Gasteiger partial charge in [-0.05, 0) is 117 Å². The summed E-state index contributed by atoms with van der Waals surface area (Å²) in [5.41, 5.74) is 9.72. The van der Waals surface area contributed by atoms with Gasteiger partial charge in [0.1, 0.15) is 19.0 Å². The number of aryl methyl sites for hydroxylation is 1. The molecule has 0 aromatic heterocycles. The van der Waals surface area contributed by atoms with Crippen LogP contribution in [-0.4, -0.2) is 108 Å². The zero-order valence-corrected chi connectivity index (χ0v) is 46.9. The highest BCUT2D eigenvalue weighted by Crippen LogP contribution is 2.45. The lowest BCUT2D eigenvalue weighted by molar-refractivity contribution is -0.120. The summed E-state index contributed by atoms with van der Waals surface area (Å²) in [7, 11) is 6.89. The minimum atomic E-state index is -4.09. The smallest absolute Gasteiger partial charge is 0.279 e. The van der Waals surface area contributed by atoms with Gasteiger partial charge in [0.2, 0.25) is 11.8 Å². The van der Waals surface area contributed by atoms with E-state index in [0.717, 1.165) is 65.0 Å². The van der Waals surface area contributed by atoms with E-state index in [9.17, 15) is 27.6 Å². The predicted octanol–water partition coefficient (Wildman–Crippen LogP) is 8.95. The molecule has 4 aliphatic heterocycles. The Morgan fingerprint density at radius 1 is 0.750 bits per heavy atom. The number of anilines is 5. The summed E-state index contributed by atoms with van der Waals surface area (Å²) in [4.78, 5) is 62.9. The Hall–Kier alpha value is -6.41. The maximum Gasteiger partial charge on any atom is 0.279 e.